The number of nitrogens with zero attached hydrogens (tertiary/aromatic N) is 2. The highest BCUT2D eigenvalue weighted by molar-refractivity contribution is 6.28. The summed E-state index contributed by atoms with van der Waals surface area (Å²) in [5.74, 6) is -7.81. The summed E-state index contributed by atoms with van der Waals surface area (Å²) in [5, 5.41) is 37.9. The minimum atomic E-state index is -1.97. The molecule has 14 nitrogen and oxygen atoms in total. The smallest absolute Gasteiger partial charge is 0.312 e. The molecule has 0 saturated heterocycles. The van der Waals surface area contributed by atoms with E-state index in [1.807, 2.05) is 13.0 Å². The summed E-state index contributed by atoms with van der Waals surface area (Å²) in [6, 6.07) is 3.62. The molecule has 0 saturated carbocycles. The van der Waals surface area contributed by atoms with E-state index in [1.54, 1.807) is 63.4 Å². The number of Topliss-reactive ketones (excluding diaryl/α,β-unsaturated/α-hetero) is 2. The van der Waals surface area contributed by atoms with Gasteiger partial charge in [-0.3, -0.25) is 23.6 Å². The molecule has 0 fully saturated rings. The molecule has 8 atom stereocenters. The third kappa shape index (κ3) is 7.01. The van der Waals surface area contributed by atoms with Crippen molar-refractivity contribution in [2.45, 2.75) is 86.4 Å². The number of phenolic OH excluding ortho intramolecular Hbond substituents is 2. The summed E-state index contributed by atoms with van der Waals surface area (Å²) in [7, 11) is 1.44. The number of aryl methyl sites for hydroxylation is 1. The van der Waals surface area contributed by atoms with E-state index in [-0.39, 0.29) is 55.7 Å². The third-order valence-corrected chi connectivity index (χ3v) is 11.3. The lowest BCUT2D eigenvalue weighted by molar-refractivity contribution is -0.159. The van der Waals surface area contributed by atoms with Crippen LogP contribution >= 0.6 is 0 Å². The molecule has 2 aromatic carbocycles. The highest BCUT2D eigenvalue weighted by atomic mass is 16.7. The number of hydrogen-bond acceptors (Lipinski definition) is 12. The number of ketones is 2. The molecule has 0 aliphatic carbocycles. The number of aromatic hydroxyl groups is 2. The molecule has 4 bridgehead atoms. The van der Waals surface area contributed by atoms with Crippen LogP contribution in [0.1, 0.15) is 70.0 Å². The number of aliphatic hydroxyl groups excluding tert-OH is 1. The molecular weight excluding hydrogens is 734 g/mol. The van der Waals surface area contributed by atoms with E-state index in [0.717, 1.165) is 5.56 Å². The van der Waals surface area contributed by atoms with Crippen molar-refractivity contribution in [2.75, 3.05) is 12.4 Å². The van der Waals surface area contributed by atoms with Gasteiger partial charge in [0.2, 0.25) is 0 Å². The summed E-state index contributed by atoms with van der Waals surface area (Å²) < 4.78 is 25.4. The van der Waals surface area contributed by atoms with Crippen LogP contribution < -0.4 is 10.1 Å². The van der Waals surface area contributed by atoms with Crippen molar-refractivity contribution >= 4 is 56.6 Å². The van der Waals surface area contributed by atoms with Crippen molar-refractivity contribution in [3.05, 3.63) is 71.2 Å². The van der Waals surface area contributed by atoms with Gasteiger partial charge in [0.15, 0.2) is 5.75 Å². The Labute approximate surface area is 329 Å². The molecular formula is C43H49N3O11. The number of nitrogens with one attached hydrogen (secondary N) is 1. The van der Waals surface area contributed by atoms with Gasteiger partial charge in [0, 0.05) is 67.3 Å². The molecule has 0 unspecified atom stereocenters. The predicted octanol–water partition coefficient (Wildman–Crippen LogP) is 6.37. The standard InChI is InChI=1S/C43H49N3O11/c1-19-14-16-46-28(18-19)44-32-29-30-37(50)25(7)40-31(29)41(52)43(9,57-40)55-17-15-27(54-10)22(4)39(56-26(8)47)24(6)36(49)23(5)35(48)20(2)12-11-13-21(3)42(53)45-33(34(32)46)38(30)51/h11-18,20,22-24,27,36,39,49-51H,1-10H3,(H,45,53)/b12-11+,17-15+,21-13-/t20-,22+,23+,24+,27-,36+,39+,43-/m0/s1. The van der Waals surface area contributed by atoms with Crippen molar-refractivity contribution in [1.82, 2.24) is 9.38 Å². The first-order chi connectivity index (χ1) is 26.8. The van der Waals surface area contributed by atoms with E-state index in [4.69, 9.17) is 23.9 Å². The molecule has 0 radical (unpaired) electrons. The number of carbonyl (C=O) groups is 4. The summed E-state index contributed by atoms with van der Waals surface area (Å²) in [6.45, 7) is 14.4. The lowest BCUT2D eigenvalue weighted by Crippen LogP contribution is -2.45. The van der Waals surface area contributed by atoms with Crippen LogP contribution in [0.4, 0.5) is 5.69 Å². The Morgan fingerprint density at radius 1 is 1.02 bits per heavy atom. The molecule has 57 heavy (non-hydrogen) atoms. The zero-order chi connectivity index (χ0) is 41.8. The molecule has 0 spiro atoms. The molecule has 14 heteroatoms. The normalized spacial score (nSPS) is 29.6. The first-order valence-electron chi connectivity index (χ1n) is 18.8. The second kappa shape index (κ2) is 15.3. The van der Waals surface area contributed by atoms with Gasteiger partial charge >= 0.3 is 11.8 Å². The number of amides is 1. The number of benzene rings is 2. The number of esters is 1. The summed E-state index contributed by atoms with van der Waals surface area (Å²) >= 11 is 0. The molecule has 2 aliphatic rings. The Hall–Kier alpha value is -5.73. The number of fused-ring (bicyclic) bond motifs is 2. The second-order valence-electron chi connectivity index (χ2n) is 15.4. The maximum absolute atomic E-state index is 14.6. The SMILES string of the molecule is CO[C@H]1/C=C/O[C@@]2(C)Oc3c(C)c(O)c4c(O)c(c5c(nc6cc(C)ccn65)c4c3C2=O)NC(=O)/C(C)=C\C=C\[C@H](C)C(=O)[C@@H](C)[C@@H](O)[C@@H](C)[C@H](OC(C)=O)[C@@H]1C. The van der Waals surface area contributed by atoms with Crippen LogP contribution in [0.15, 0.2) is 54.5 Å². The first kappa shape index (κ1) is 40.9. The van der Waals surface area contributed by atoms with Crippen LogP contribution in [0.25, 0.3) is 27.5 Å². The second-order valence-corrected chi connectivity index (χ2v) is 15.4. The lowest BCUT2D eigenvalue weighted by Gasteiger charge is -2.36. The first-order valence-corrected chi connectivity index (χ1v) is 18.8. The summed E-state index contributed by atoms with van der Waals surface area (Å²) in [4.78, 5) is 59.1. The van der Waals surface area contributed by atoms with Gasteiger partial charge in [0.05, 0.1) is 29.4 Å². The average molecular weight is 784 g/mol. The number of methoxy groups -OCH3 is 1. The minimum Gasteiger partial charge on any atom is -0.507 e. The van der Waals surface area contributed by atoms with Gasteiger partial charge in [-0.1, -0.05) is 45.9 Å². The van der Waals surface area contributed by atoms with Gasteiger partial charge in [-0.05, 0) is 44.5 Å². The predicted molar refractivity (Wildman–Crippen MR) is 212 cm³/mol. The number of aliphatic hydroxyl groups is 1. The molecule has 6 rings (SSSR count). The Balaban J connectivity index is 1.58. The van der Waals surface area contributed by atoms with Crippen LogP contribution in [-0.2, 0) is 28.6 Å². The van der Waals surface area contributed by atoms with Crippen LogP contribution in [-0.4, -0.2) is 79.4 Å². The number of ether oxygens (including phenoxy) is 4. The molecule has 4 heterocycles. The number of carbonyl (C=O) groups excluding carboxylic acids is 4. The van der Waals surface area contributed by atoms with Gasteiger partial charge in [0.25, 0.3) is 11.7 Å². The monoisotopic (exact) mass is 783 g/mol. The summed E-state index contributed by atoms with van der Waals surface area (Å²) in [6.07, 6.45) is 6.25. The van der Waals surface area contributed by atoms with Crippen molar-refractivity contribution in [3.63, 3.8) is 0 Å². The number of aromatic nitrogens is 2. The van der Waals surface area contributed by atoms with Crippen LogP contribution in [0.5, 0.6) is 17.2 Å². The maximum atomic E-state index is 14.6. The topological polar surface area (TPSA) is 195 Å². The fraction of sp³-hybridized carbons (Fsp3) is 0.419. The number of allylic oxidation sites excluding steroid dienone is 3. The van der Waals surface area contributed by atoms with Crippen molar-refractivity contribution in [3.8, 4) is 17.2 Å². The molecule has 302 valence electrons. The Bertz CT molecular complexity index is 2430. The average Bonchev–Trinajstić information content (AvgIpc) is 3.67. The molecule has 2 aromatic heterocycles. The molecule has 4 aromatic rings. The minimum absolute atomic E-state index is 0.0114. The molecule has 2 aliphatic heterocycles. The maximum Gasteiger partial charge on any atom is 0.312 e. The van der Waals surface area contributed by atoms with E-state index in [1.165, 1.54) is 46.3 Å². The highest BCUT2D eigenvalue weighted by Crippen LogP contribution is 2.54. The van der Waals surface area contributed by atoms with Crippen LogP contribution in [0.3, 0.4) is 0 Å². The summed E-state index contributed by atoms with van der Waals surface area (Å²) in [5.41, 5.74) is 2.09. The fourth-order valence-electron chi connectivity index (χ4n) is 7.88. The number of phenols is 2. The highest BCUT2D eigenvalue weighted by Gasteiger charge is 2.49. The number of anilines is 1. The van der Waals surface area contributed by atoms with Crippen LogP contribution in [0, 0.1) is 37.5 Å². The molecule has 4 N–H and O–H groups in total. The Morgan fingerprint density at radius 3 is 2.39 bits per heavy atom. The third-order valence-electron chi connectivity index (χ3n) is 11.3. The number of imidazole rings is 1. The Morgan fingerprint density at radius 2 is 1.72 bits per heavy atom. The Kier molecular flexibility index (Phi) is 11.0. The van der Waals surface area contributed by atoms with E-state index >= 15 is 0 Å². The quantitative estimate of drug-likeness (QED) is 0.130. The zero-order valence-electron chi connectivity index (χ0n) is 33.7. The van der Waals surface area contributed by atoms with Gasteiger partial charge in [-0.2, -0.15) is 0 Å². The van der Waals surface area contributed by atoms with Crippen molar-refractivity contribution < 1.29 is 53.4 Å². The zero-order valence-corrected chi connectivity index (χ0v) is 33.7. The fourth-order valence-corrected chi connectivity index (χ4v) is 7.88. The van der Waals surface area contributed by atoms with Gasteiger partial charge in [0.1, 0.15) is 45.8 Å². The van der Waals surface area contributed by atoms with Gasteiger partial charge in [-0.15, -0.1) is 0 Å². The molecule has 1 amide bonds. The van der Waals surface area contributed by atoms with E-state index < -0.39 is 76.9 Å². The largest absolute Gasteiger partial charge is 0.507 e. The lowest BCUT2D eigenvalue weighted by atomic mass is 9.79. The number of rotatable bonds is 2. The van der Waals surface area contributed by atoms with E-state index in [0.29, 0.717) is 5.65 Å². The van der Waals surface area contributed by atoms with Gasteiger partial charge < -0.3 is 39.6 Å². The van der Waals surface area contributed by atoms with Crippen molar-refractivity contribution in [2.24, 2.45) is 23.7 Å². The van der Waals surface area contributed by atoms with E-state index in [2.05, 4.69) is 5.32 Å². The van der Waals surface area contributed by atoms with Gasteiger partial charge in [-0.25, -0.2) is 4.98 Å². The van der Waals surface area contributed by atoms with Crippen LogP contribution in [0.2, 0.25) is 0 Å². The van der Waals surface area contributed by atoms with E-state index in [9.17, 15) is 34.5 Å². The number of pyridine rings is 1. The number of hydrogen-bond donors (Lipinski definition) is 4. The van der Waals surface area contributed by atoms with Crippen molar-refractivity contribution in [1.29, 1.82) is 0 Å².